The molecule has 7 nitrogen and oxygen atoms in total. The van der Waals surface area contributed by atoms with Crippen molar-refractivity contribution in [3.63, 3.8) is 0 Å². The first-order chi connectivity index (χ1) is 14.1. The third-order valence-electron chi connectivity index (χ3n) is 6.28. The number of carbonyl (C=O) groups excluding carboxylic acids is 1. The number of morpholine rings is 1. The maximum absolute atomic E-state index is 12.3. The van der Waals surface area contributed by atoms with Gasteiger partial charge in [0.2, 0.25) is 5.91 Å². The van der Waals surface area contributed by atoms with Crippen molar-refractivity contribution in [2.75, 3.05) is 40.0 Å². The molecule has 8 heteroatoms. The van der Waals surface area contributed by atoms with Gasteiger partial charge in [0.15, 0.2) is 0 Å². The Labute approximate surface area is 176 Å². The van der Waals surface area contributed by atoms with Crippen molar-refractivity contribution in [2.45, 2.75) is 49.7 Å². The van der Waals surface area contributed by atoms with Crippen molar-refractivity contribution >= 4 is 17.5 Å². The van der Waals surface area contributed by atoms with Crippen molar-refractivity contribution in [3.8, 4) is 5.75 Å². The Morgan fingerprint density at radius 2 is 2.00 bits per heavy atom. The van der Waals surface area contributed by atoms with E-state index in [1.54, 1.807) is 19.2 Å². The third kappa shape index (κ3) is 4.54. The van der Waals surface area contributed by atoms with Crippen LogP contribution >= 0.6 is 11.6 Å². The minimum atomic E-state index is -0.595. The van der Waals surface area contributed by atoms with Crippen LogP contribution in [-0.2, 0) is 14.3 Å². The lowest BCUT2D eigenvalue weighted by Crippen LogP contribution is -2.55. The smallest absolute Gasteiger partial charge is 0.249 e. The van der Waals surface area contributed by atoms with Crippen LogP contribution in [0.2, 0.25) is 5.02 Å². The van der Waals surface area contributed by atoms with Crippen LogP contribution in [0.4, 0.5) is 0 Å². The molecular formula is C21H29ClN2O5. The fourth-order valence-corrected chi connectivity index (χ4v) is 4.90. The fourth-order valence-electron chi connectivity index (χ4n) is 4.78. The Morgan fingerprint density at radius 1 is 1.21 bits per heavy atom. The number of methoxy groups -OCH3 is 1. The van der Waals surface area contributed by atoms with Crippen LogP contribution in [0.5, 0.6) is 5.75 Å². The number of ether oxygens (including phenoxy) is 3. The maximum Gasteiger partial charge on any atom is 0.249 e. The van der Waals surface area contributed by atoms with E-state index in [4.69, 9.17) is 25.8 Å². The van der Waals surface area contributed by atoms with E-state index < -0.39 is 6.10 Å². The van der Waals surface area contributed by atoms with Crippen molar-refractivity contribution < 1.29 is 24.1 Å². The van der Waals surface area contributed by atoms with E-state index >= 15 is 0 Å². The Balaban J connectivity index is 1.41. The number of aliphatic hydroxyl groups excluding tert-OH is 1. The van der Waals surface area contributed by atoms with Crippen LogP contribution < -0.4 is 4.74 Å². The molecule has 1 N–H and O–H groups in total. The SMILES string of the molecule is COCCN1C(=O)CO[C@H]2CN([C@H]3CCC[C@@H](Oc4ccc(Cl)cc4)[C@@H]3O)C[C@@H]21. The quantitative estimate of drug-likeness (QED) is 0.747. The standard InChI is InChI=1S/C21H29ClN2O5/c1-27-10-9-24-17-11-23(12-19(17)28-13-20(24)25)16-3-2-4-18(21(16)26)29-15-7-5-14(22)6-8-15/h5-8,16-19,21,26H,2-4,9-13H2,1H3/t16-,17-,18+,19-,21+/m0/s1. The van der Waals surface area contributed by atoms with Crippen LogP contribution in [0.25, 0.3) is 0 Å². The van der Waals surface area contributed by atoms with Gasteiger partial charge in [0.05, 0.1) is 18.8 Å². The highest BCUT2D eigenvalue weighted by Crippen LogP contribution is 2.32. The van der Waals surface area contributed by atoms with E-state index in [0.29, 0.717) is 30.5 Å². The molecule has 2 saturated heterocycles. The monoisotopic (exact) mass is 424 g/mol. The first-order valence-electron chi connectivity index (χ1n) is 10.3. The summed E-state index contributed by atoms with van der Waals surface area (Å²) in [6, 6.07) is 7.24. The number of carbonyl (C=O) groups is 1. The average Bonchev–Trinajstić information content (AvgIpc) is 3.14. The second-order valence-corrected chi connectivity index (χ2v) is 8.49. The normalized spacial score (nSPS) is 33.0. The topological polar surface area (TPSA) is 71.5 Å². The summed E-state index contributed by atoms with van der Waals surface area (Å²) in [6.45, 7) is 2.63. The highest BCUT2D eigenvalue weighted by atomic mass is 35.5. The zero-order valence-electron chi connectivity index (χ0n) is 16.7. The van der Waals surface area contributed by atoms with Gasteiger partial charge in [0.25, 0.3) is 0 Å². The molecule has 29 heavy (non-hydrogen) atoms. The van der Waals surface area contributed by atoms with E-state index in [0.717, 1.165) is 25.8 Å². The minimum Gasteiger partial charge on any atom is -0.488 e. The summed E-state index contributed by atoms with van der Waals surface area (Å²) >= 11 is 5.95. The van der Waals surface area contributed by atoms with E-state index in [2.05, 4.69) is 4.90 Å². The molecule has 0 unspecified atom stereocenters. The molecule has 1 aromatic rings. The second-order valence-electron chi connectivity index (χ2n) is 8.05. The molecule has 1 aliphatic carbocycles. The van der Waals surface area contributed by atoms with E-state index in [1.165, 1.54) is 0 Å². The van der Waals surface area contributed by atoms with Gasteiger partial charge in [-0.3, -0.25) is 9.69 Å². The summed E-state index contributed by atoms with van der Waals surface area (Å²) in [7, 11) is 1.64. The number of hydrogen-bond donors (Lipinski definition) is 1. The molecule has 2 heterocycles. The molecule has 5 atom stereocenters. The molecule has 2 aliphatic heterocycles. The summed E-state index contributed by atoms with van der Waals surface area (Å²) in [6.07, 6.45) is 1.84. The van der Waals surface area contributed by atoms with Crippen LogP contribution in [0.1, 0.15) is 19.3 Å². The van der Waals surface area contributed by atoms with Gasteiger partial charge in [-0.05, 0) is 43.5 Å². The molecule has 1 aromatic carbocycles. The predicted octanol–water partition coefficient (Wildman–Crippen LogP) is 1.56. The van der Waals surface area contributed by atoms with Gasteiger partial charge in [-0.2, -0.15) is 0 Å². The van der Waals surface area contributed by atoms with Crippen molar-refractivity contribution in [1.82, 2.24) is 9.80 Å². The molecule has 4 rings (SSSR count). The minimum absolute atomic E-state index is 0.00497. The Bertz CT molecular complexity index is 703. The molecule has 0 spiro atoms. The molecule has 1 amide bonds. The number of halogens is 1. The molecule has 160 valence electrons. The van der Waals surface area contributed by atoms with Gasteiger partial charge in [-0.15, -0.1) is 0 Å². The number of amides is 1. The molecule has 1 saturated carbocycles. The predicted molar refractivity (Wildman–Crippen MR) is 108 cm³/mol. The molecule has 0 bridgehead atoms. The van der Waals surface area contributed by atoms with Gasteiger partial charge in [-0.1, -0.05) is 11.6 Å². The summed E-state index contributed by atoms with van der Waals surface area (Å²) in [4.78, 5) is 16.5. The molecular weight excluding hydrogens is 396 g/mol. The van der Waals surface area contributed by atoms with Crippen molar-refractivity contribution in [2.24, 2.45) is 0 Å². The van der Waals surface area contributed by atoms with Crippen LogP contribution in [0.15, 0.2) is 24.3 Å². The van der Waals surface area contributed by atoms with Crippen LogP contribution in [0.3, 0.4) is 0 Å². The highest BCUT2D eigenvalue weighted by Gasteiger charge is 2.47. The third-order valence-corrected chi connectivity index (χ3v) is 6.53. The second kappa shape index (κ2) is 9.18. The van der Waals surface area contributed by atoms with Crippen LogP contribution in [0, 0.1) is 0 Å². The van der Waals surface area contributed by atoms with Gasteiger partial charge in [0.1, 0.15) is 24.6 Å². The Hall–Kier alpha value is -1.38. The molecule has 3 fully saturated rings. The number of aliphatic hydroxyl groups is 1. The first-order valence-corrected chi connectivity index (χ1v) is 10.7. The van der Waals surface area contributed by atoms with Gasteiger partial charge >= 0.3 is 0 Å². The zero-order chi connectivity index (χ0) is 20.4. The highest BCUT2D eigenvalue weighted by molar-refractivity contribution is 6.30. The molecule has 0 radical (unpaired) electrons. The van der Waals surface area contributed by atoms with Gasteiger partial charge < -0.3 is 24.2 Å². The zero-order valence-corrected chi connectivity index (χ0v) is 17.5. The number of benzene rings is 1. The van der Waals surface area contributed by atoms with Gasteiger partial charge in [-0.25, -0.2) is 0 Å². The number of rotatable bonds is 6. The lowest BCUT2D eigenvalue weighted by atomic mass is 9.89. The van der Waals surface area contributed by atoms with E-state index in [1.807, 2.05) is 17.0 Å². The molecule has 3 aliphatic rings. The summed E-state index contributed by atoms with van der Waals surface area (Å²) in [5.41, 5.74) is 0. The maximum atomic E-state index is 12.3. The number of nitrogens with zero attached hydrogens (tertiary/aromatic N) is 2. The lowest BCUT2D eigenvalue weighted by molar-refractivity contribution is -0.153. The van der Waals surface area contributed by atoms with E-state index in [-0.39, 0.29) is 36.8 Å². The number of likely N-dealkylation sites (tertiary alicyclic amines) is 1. The largest absolute Gasteiger partial charge is 0.488 e. The Kier molecular flexibility index (Phi) is 6.61. The fraction of sp³-hybridized carbons (Fsp3) is 0.667. The van der Waals surface area contributed by atoms with Crippen LogP contribution in [-0.4, -0.2) is 91.2 Å². The van der Waals surface area contributed by atoms with E-state index in [9.17, 15) is 9.90 Å². The van der Waals surface area contributed by atoms with Crippen molar-refractivity contribution in [1.29, 1.82) is 0 Å². The average molecular weight is 425 g/mol. The number of fused-ring (bicyclic) bond motifs is 1. The molecule has 0 aromatic heterocycles. The van der Waals surface area contributed by atoms with Crippen molar-refractivity contribution in [3.05, 3.63) is 29.3 Å². The summed E-state index contributed by atoms with van der Waals surface area (Å²) in [5, 5.41) is 11.7. The summed E-state index contributed by atoms with van der Waals surface area (Å²) in [5.74, 6) is 0.729. The lowest BCUT2D eigenvalue weighted by Gasteiger charge is -2.40. The summed E-state index contributed by atoms with van der Waals surface area (Å²) < 4.78 is 17.1. The van der Waals surface area contributed by atoms with Gasteiger partial charge in [0, 0.05) is 37.8 Å². The first kappa shape index (κ1) is 20.9. The Morgan fingerprint density at radius 3 is 2.76 bits per heavy atom. The number of hydrogen-bond acceptors (Lipinski definition) is 6.